The first-order valence-corrected chi connectivity index (χ1v) is 9.42. The first-order valence-electron chi connectivity index (χ1n) is 9.42. The molecule has 5 heteroatoms. The van der Waals surface area contributed by atoms with E-state index in [0.29, 0.717) is 34.0 Å². The molecule has 2 aromatic carbocycles. The molecule has 0 fully saturated rings. The summed E-state index contributed by atoms with van der Waals surface area (Å²) in [6.07, 6.45) is 0. The molecule has 0 aliphatic carbocycles. The zero-order valence-electron chi connectivity index (χ0n) is 16.6. The third-order valence-corrected chi connectivity index (χ3v) is 4.86. The molecule has 3 rings (SSSR count). The molecule has 0 saturated carbocycles. The molecular weight excluding hydrogens is 354 g/mol. The van der Waals surface area contributed by atoms with E-state index in [1.54, 1.807) is 25.1 Å². The van der Waals surface area contributed by atoms with Gasteiger partial charge in [-0.15, -0.1) is 0 Å². The molecule has 0 saturated heterocycles. The maximum Gasteiger partial charge on any atom is 0.258 e. The van der Waals surface area contributed by atoms with Gasteiger partial charge in [0.25, 0.3) is 5.91 Å². The maximum atomic E-state index is 12.9. The third kappa shape index (κ3) is 4.25. The van der Waals surface area contributed by atoms with Crippen LogP contribution in [0, 0.1) is 12.8 Å². The Bertz CT molecular complexity index is 1040. The Kier molecular flexibility index (Phi) is 5.83. The topological polar surface area (TPSA) is 68.5 Å². The number of hydrogen-bond donors (Lipinski definition) is 1. The second kappa shape index (κ2) is 8.30. The van der Waals surface area contributed by atoms with Crippen molar-refractivity contribution in [3.05, 3.63) is 64.5 Å². The Morgan fingerprint density at radius 3 is 2.50 bits per heavy atom. The fraction of sp³-hybridized carbons (Fsp3) is 0.304. The first-order chi connectivity index (χ1) is 13.4. The van der Waals surface area contributed by atoms with E-state index < -0.39 is 0 Å². The summed E-state index contributed by atoms with van der Waals surface area (Å²) >= 11 is 0. The Morgan fingerprint density at radius 1 is 1.11 bits per heavy atom. The van der Waals surface area contributed by atoms with Crippen LogP contribution in [-0.4, -0.2) is 18.6 Å². The maximum absolute atomic E-state index is 12.9. The van der Waals surface area contributed by atoms with Gasteiger partial charge in [0.15, 0.2) is 6.61 Å². The average Bonchev–Trinajstić information content (AvgIpc) is 2.67. The number of benzene rings is 2. The minimum Gasteiger partial charge on any atom is -0.484 e. The number of fused-ring (bicyclic) bond motifs is 1. The zero-order valence-corrected chi connectivity index (χ0v) is 16.6. The summed E-state index contributed by atoms with van der Waals surface area (Å²) in [6.45, 7) is 7.73. The number of ether oxygens (including phenoxy) is 1. The number of amides is 1. The number of carbonyl (C=O) groups excluding carboxylic acids is 1. The molecule has 28 heavy (non-hydrogen) atoms. The molecular formula is C23H25NO4. The van der Waals surface area contributed by atoms with Crippen LogP contribution in [0.4, 0.5) is 0 Å². The monoisotopic (exact) mass is 379 g/mol. The van der Waals surface area contributed by atoms with Crippen molar-refractivity contribution in [2.24, 2.45) is 5.92 Å². The molecule has 5 nitrogen and oxygen atoms in total. The summed E-state index contributed by atoms with van der Waals surface area (Å²) in [5.41, 5.74) is 1.74. The molecule has 1 aromatic heterocycles. The van der Waals surface area contributed by atoms with Crippen molar-refractivity contribution >= 4 is 16.9 Å². The smallest absolute Gasteiger partial charge is 0.258 e. The Hall–Kier alpha value is -3.08. The highest BCUT2D eigenvalue weighted by atomic mass is 16.5. The second-order valence-corrected chi connectivity index (χ2v) is 7.28. The molecule has 3 aromatic rings. The van der Waals surface area contributed by atoms with Gasteiger partial charge in [0.2, 0.25) is 5.43 Å². The SMILES string of the molecule is Cc1oc2cc(OCC(=O)N[C@H](C)C(C)C)ccc2c(=O)c1-c1ccccc1. The van der Waals surface area contributed by atoms with Crippen molar-refractivity contribution in [1.29, 1.82) is 0 Å². The van der Waals surface area contributed by atoms with Gasteiger partial charge in [-0.05, 0) is 37.5 Å². The van der Waals surface area contributed by atoms with Crippen LogP contribution in [-0.2, 0) is 4.79 Å². The molecule has 146 valence electrons. The third-order valence-electron chi connectivity index (χ3n) is 4.86. The lowest BCUT2D eigenvalue weighted by molar-refractivity contribution is -0.124. The van der Waals surface area contributed by atoms with E-state index in [-0.39, 0.29) is 24.0 Å². The highest BCUT2D eigenvalue weighted by Crippen LogP contribution is 2.26. The van der Waals surface area contributed by atoms with Crippen LogP contribution in [0.15, 0.2) is 57.7 Å². The summed E-state index contributed by atoms with van der Waals surface area (Å²) in [7, 11) is 0. The number of hydrogen-bond acceptors (Lipinski definition) is 4. The van der Waals surface area contributed by atoms with Gasteiger partial charge in [0.1, 0.15) is 17.1 Å². The van der Waals surface area contributed by atoms with Gasteiger partial charge < -0.3 is 14.5 Å². The lowest BCUT2D eigenvalue weighted by Gasteiger charge is -2.17. The average molecular weight is 379 g/mol. The van der Waals surface area contributed by atoms with E-state index >= 15 is 0 Å². The standard InChI is InChI=1S/C23H25NO4/c1-14(2)15(3)24-21(25)13-27-18-10-11-19-20(12-18)28-16(4)22(23(19)26)17-8-6-5-7-9-17/h5-12,14-15H,13H2,1-4H3,(H,24,25)/t15-/m1/s1. The van der Waals surface area contributed by atoms with Crippen LogP contribution in [0.5, 0.6) is 5.75 Å². The van der Waals surface area contributed by atoms with Gasteiger partial charge in [-0.25, -0.2) is 0 Å². The van der Waals surface area contributed by atoms with E-state index in [1.807, 2.05) is 51.1 Å². The van der Waals surface area contributed by atoms with Gasteiger partial charge >= 0.3 is 0 Å². The largest absolute Gasteiger partial charge is 0.484 e. The predicted octanol–water partition coefficient (Wildman–Crippen LogP) is 4.31. The van der Waals surface area contributed by atoms with Crippen LogP contribution >= 0.6 is 0 Å². The molecule has 0 spiro atoms. The summed E-state index contributed by atoms with van der Waals surface area (Å²) in [6, 6.07) is 14.5. The van der Waals surface area contributed by atoms with Crippen molar-refractivity contribution in [1.82, 2.24) is 5.32 Å². The highest BCUT2D eigenvalue weighted by Gasteiger charge is 2.15. The van der Waals surface area contributed by atoms with Crippen LogP contribution in [0.25, 0.3) is 22.1 Å². The molecule has 0 unspecified atom stereocenters. The van der Waals surface area contributed by atoms with Gasteiger partial charge in [-0.3, -0.25) is 9.59 Å². The van der Waals surface area contributed by atoms with Crippen molar-refractivity contribution in [3.8, 4) is 16.9 Å². The number of carbonyl (C=O) groups is 1. The Balaban J connectivity index is 1.83. The molecule has 1 N–H and O–H groups in total. The molecule has 0 bridgehead atoms. The van der Waals surface area contributed by atoms with Crippen molar-refractivity contribution in [3.63, 3.8) is 0 Å². The van der Waals surface area contributed by atoms with Gasteiger partial charge in [0.05, 0.1) is 10.9 Å². The van der Waals surface area contributed by atoms with Crippen LogP contribution < -0.4 is 15.5 Å². The molecule has 0 aliphatic rings. The second-order valence-electron chi connectivity index (χ2n) is 7.28. The highest BCUT2D eigenvalue weighted by molar-refractivity contribution is 5.84. The summed E-state index contributed by atoms with van der Waals surface area (Å²) < 4.78 is 11.5. The Labute approximate surface area is 164 Å². The van der Waals surface area contributed by atoms with Crippen molar-refractivity contribution < 1.29 is 13.9 Å². The van der Waals surface area contributed by atoms with E-state index in [1.165, 1.54) is 0 Å². The van der Waals surface area contributed by atoms with Gasteiger partial charge in [0, 0.05) is 12.1 Å². The number of aryl methyl sites for hydroxylation is 1. The fourth-order valence-electron chi connectivity index (χ4n) is 2.93. The lowest BCUT2D eigenvalue weighted by Crippen LogP contribution is -2.38. The molecule has 1 atom stereocenters. The summed E-state index contributed by atoms with van der Waals surface area (Å²) in [5, 5.41) is 3.37. The normalized spacial score (nSPS) is 12.2. The minimum atomic E-state index is -0.182. The number of rotatable bonds is 6. The molecule has 1 amide bonds. The van der Waals surface area contributed by atoms with Crippen LogP contribution in [0.3, 0.4) is 0 Å². The van der Waals surface area contributed by atoms with Gasteiger partial charge in [-0.2, -0.15) is 0 Å². The van der Waals surface area contributed by atoms with Crippen LogP contribution in [0.2, 0.25) is 0 Å². The van der Waals surface area contributed by atoms with E-state index in [9.17, 15) is 9.59 Å². The predicted molar refractivity (Wildman–Crippen MR) is 111 cm³/mol. The molecule has 1 heterocycles. The summed E-state index contributed by atoms with van der Waals surface area (Å²) in [5.74, 6) is 1.19. The first kappa shape index (κ1) is 19.7. The fourth-order valence-corrected chi connectivity index (χ4v) is 2.93. The Morgan fingerprint density at radius 2 is 1.82 bits per heavy atom. The quantitative estimate of drug-likeness (QED) is 0.693. The van der Waals surface area contributed by atoms with Gasteiger partial charge in [-0.1, -0.05) is 44.2 Å². The minimum absolute atomic E-state index is 0.0739. The zero-order chi connectivity index (χ0) is 20.3. The number of nitrogens with one attached hydrogen (secondary N) is 1. The summed E-state index contributed by atoms with van der Waals surface area (Å²) in [4.78, 5) is 24.9. The molecule has 0 aliphatic heterocycles. The van der Waals surface area contributed by atoms with Crippen molar-refractivity contribution in [2.45, 2.75) is 33.7 Å². The van der Waals surface area contributed by atoms with Crippen molar-refractivity contribution in [2.75, 3.05) is 6.61 Å². The van der Waals surface area contributed by atoms with E-state index in [4.69, 9.17) is 9.15 Å². The van der Waals surface area contributed by atoms with Crippen LogP contribution in [0.1, 0.15) is 26.5 Å². The lowest BCUT2D eigenvalue weighted by atomic mass is 10.0. The molecule has 0 radical (unpaired) electrons. The van der Waals surface area contributed by atoms with E-state index in [2.05, 4.69) is 5.32 Å². The van der Waals surface area contributed by atoms with E-state index in [0.717, 1.165) is 5.56 Å².